The van der Waals surface area contributed by atoms with Crippen molar-refractivity contribution < 1.29 is 14.7 Å². The van der Waals surface area contributed by atoms with E-state index < -0.39 is 12.0 Å². The lowest BCUT2D eigenvalue weighted by Gasteiger charge is -2.01. The molecule has 0 saturated carbocycles. The van der Waals surface area contributed by atoms with Gasteiger partial charge in [-0.1, -0.05) is 24.3 Å². The van der Waals surface area contributed by atoms with Crippen molar-refractivity contribution in [3.05, 3.63) is 42.0 Å². The van der Waals surface area contributed by atoms with Crippen LogP contribution >= 0.6 is 11.3 Å². The molecule has 0 fully saturated rings. The van der Waals surface area contributed by atoms with Crippen molar-refractivity contribution in [3.63, 3.8) is 0 Å². The summed E-state index contributed by atoms with van der Waals surface area (Å²) in [7, 11) is 0. The van der Waals surface area contributed by atoms with Crippen LogP contribution in [-0.4, -0.2) is 38.8 Å². The maximum atomic E-state index is 11.6. The molecular formula is C15H13N5O3S. The van der Waals surface area contributed by atoms with Crippen molar-refractivity contribution in [2.24, 2.45) is 0 Å². The Kier molecular flexibility index (Phi) is 4.52. The van der Waals surface area contributed by atoms with Gasteiger partial charge in [-0.2, -0.15) is 5.10 Å². The van der Waals surface area contributed by atoms with Crippen LogP contribution in [0.15, 0.2) is 42.0 Å². The van der Waals surface area contributed by atoms with Gasteiger partial charge in [0.25, 0.3) is 0 Å². The number of nitrogens with zero attached hydrogens (tertiary/aromatic N) is 2. The van der Waals surface area contributed by atoms with Gasteiger partial charge in [0, 0.05) is 22.7 Å². The summed E-state index contributed by atoms with van der Waals surface area (Å²) < 4.78 is 0. The number of thiazole rings is 1. The third kappa shape index (κ3) is 3.76. The number of aromatic nitrogens is 3. The summed E-state index contributed by atoms with van der Waals surface area (Å²) in [5.74, 6) is -0.464. The van der Waals surface area contributed by atoms with Gasteiger partial charge in [-0.15, -0.1) is 11.3 Å². The molecule has 0 spiro atoms. The number of rotatable bonds is 5. The first-order chi connectivity index (χ1) is 11.6. The van der Waals surface area contributed by atoms with Crippen LogP contribution in [0.3, 0.4) is 0 Å². The van der Waals surface area contributed by atoms with Crippen LogP contribution in [0.1, 0.15) is 0 Å². The summed E-state index contributed by atoms with van der Waals surface area (Å²) >= 11 is 1.28. The Morgan fingerprint density at radius 2 is 1.92 bits per heavy atom. The predicted octanol–water partition coefficient (Wildman–Crippen LogP) is 2.41. The van der Waals surface area contributed by atoms with E-state index in [0.717, 1.165) is 22.4 Å². The highest BCUT2D eigenvalue weighted by Crippen LogP contribution is 2.27. The van der Waals surface area contributed by atoms with E-state index in [0.29, 0.717) is 5.13 Å². The Balaban J connectivity index is 1.67. The number of aromatic amines is 1. The van der Waals surface area contributed by atoms with Crippen LogP contribution in [0.4, 0.5) is 9.93 Å². The van der Waals surface area contributed by atoms with Gasteiger partial charge >= 0.3 is 6.09 Å². The Hall–Kier alpha value is -3.20. The normalized spacial score (nSPS) is 10.3. The first kappa shape index (κ1) is 15.7. The largest absolute Gasteiger partial charge is 0.465 e. The summed E-state index contributed by atoms with van der Waals surface area (Å²) in [6, 6.07) is 7.81. The maximum absolute atomic E-state index is 11.6. The number of carbonyl (C=O) groups excluding carboxylic acids is 1. The lowest BCUT2D eigenvalue weighted by molar-refractivity contribution is -0.115. The van der Waals surface area contributed by atoms with E-state index in [1.165, 1.54) is 11.3 Å². The van der Waals surface area contributed by atoms with E-state index in [2.05, 4.69) is 20.5 Å². The third-order valence-electron chi connectivity index (χ3n) is 3.16. The van der Waals surface area contributed by atoms with Crippen molar-refractivity contribution >= 4 is 28.5 Å². The van der Waals surface area contributed by atoms with Crippen LogP contribution in [0.2, 0.25) is 0 Å². The van der Waals surface area contributed by atoms with E-state index in [1.807, 2.05) is 41.2 Å². The molecule has 3 aromatic rings. The van der Waals surface area contributed by atoms with Gasteiger partial charge in [0.1, 0.15) is 6.54 Å². The number of nitrogens with one attached hydrogen (secondary N) is 3. The molecule has 1 aromatic carbocycles. The second kappa shape index (κ2) is 6.92. The topological polar surface area (TPSA) is 120 Å². The van der Waals surface area contributed by atoms with E-state index in [9.17, 15) is 9.59 Å². The number of hydrogen-bond acceptors (Lipinski definition) is 5. The lowest BCUT2D eigenvalue weighted by atomic mass is 10.1. The second-order valence-electron chi connectivity index (χ2n) is 4.81. The van der Waals surface area contributed by atoms with Gasteiger partial charge in [-0.05, 0) is 5.56 Å². The van der Waals surface area contributed by atoms with Gasteiger partial charge in [-0.25, -0.2) is 9.78 Å². The number of anilines is 1. The Labute approximate surface area is 140 Å². The minimum atomic E-state index is -1.25. The molecule has 2 heterocycles. The SMILES string of the molecule is O=C(O)NCC(=O)Nc1nc(-c2ccc(-c3cn[nH]c3)cc2)cs1. The average molecular weight is 343 g/mol. The summed E-state index contributed by atoms with van der Waals surface area (Å²) in [6.45, 7) is -0.316. The molecule has 3 rings (SSSR count). The molecule has 0 bridgehead atoms. The lowest BCUT2D eigenvalue weighted by Crippen LogP contribution is -2.31. The Morgan fingerprint density at radius 3 is 2.58 bits per heavy atom. The quantitative estimate of drug-likeness (QED) is 0.567. The third-order valence-corrected chi connectivity index (χ3v) is 3.92. The number of benzene rings is 1. The molecular weight excluding hydrogens is 330 g/mol. The zero-order valence-corrected chi connectivity index (χ0v) is 13.1. The molecule has 0 aliphatic carbocycles. The van der Waals surface area contributed by atoms with Crippen LogP contribution in [0, 0.1) is 0 Å². The van der Waals surface area contributed by atoms with E-state index in [4.69, 9.17) is 5.11 Å². The molecule has 0 atom stereocenters. The van der Waals surface area contributed by atoms with Crippen molar-refractivity contribution in [1.82, 2.24) is 20.5 Å². The molecule has 0 radical (unpaired) electrons. The standard InChI is InChI=1S/C15H13N5O3S/c21-13(7-16-15(22)23)20-14-19-12(8-24-14)10-3-1-9(2-4-10)11-5-17-18-6-11/h1-6,8,16H,7H2,(H,17,18)(H,22,23)(H,19,20,21). The first-order valence-electron chi connectivity index (χ1n) is 6.93. The molecule has 8 nitrogen and oxygen atoms in total. The summed E-state index contributed by atoms with van der Waals surface area (Å²) in [5, 5.41) is 21.9. The smallest absolute Gasteiger partial charge is 0.405 e. The van der Waals surface area contributed by atoms with E-state index >= 15 is 0 Å². The monoisotopic (exact) mass is 343 g/mol. The minimum Gasteiger partial charge on any atom is -0.465 e. The van der Waals surface area contributed by atoms with Crippen LogP contribution in [0.5, 0.6) is 0 Å². The van der Waals surface area contributed by atoms with Crippen LogP contribution in [0.25, 0.3) is 22.4 Å². The zero-order chi connectivity index (χ0) is 16.9. The molecule has 4 N–H and O–H groups in total. The molecule has 24 heavy (non-hydrogen) atoms. The Bertz CT molecular complexity index is 842. The number of hydrogen-bond donors (Lipinski definition) is 4. The fourth-order valence-electron chi connectivity index (χ4n) is 2.03. The molecule has 2 amide bonds. The maximum Gasteiger partial charge on any atom is 0.405 e. The predicted molar refractivity (Wildman–Crippen MR) is 89.8 cm³/mol. The second-order valence-corrected chi connectivity index (χ2v) is 5.67. The fraction of sp³-hybridized carbons (Fsp3) is 0.0667. The van der Waals surface area contributed by atoms with Gasteiger partial charge in [0.2, 0.25) is 5.91 Å². The number of H-pyrrole nitrogens is 1. The highest BCUT2D eigenvalue weighted by molar-refractivity contribution is 7.14. The fourth-order valence-corrected chi connectivity index (χ4v) is 2.76. The number of amides is 2. The van der Waals surface area contributed by atoms with Gasteiger partial charge in [0.15, 0.2) is 5.13 Å². The Morgan fingerprint density at radius 1 is 1.17 bits per heavy atom. The van der Waals surface area contributed by atoms with Crippen LogP contribution < -0.4 is 10.6 Å². The molecule has 2 aromatic heterocycles. The molecule has 0 saturated heterocycles. The number of carboxylic acid groups (broad SMARTS) is 1. The van der Waals surface area contributed by atoms with Crippen molar-refractivity contribution in [2.75, 3.05) is 11.9 Å². The van der Waals surface area contributed by atoms with Crippen LogP contribution in [-0.2, 0) is 4.79 Å². The van der Waals surface area contributed by atoms with Crippen molar-refractivity contribution in [3.8, 4) is 22.4 Å². The van der Waals surface area contributed by atoms with Gasteiger partial charge < -0.3 is 15.7 Å². The summed E-state index contributed by atoms with van der Waals surface area (Å²) in [4.78, 5) is 26.2. The molecule has 0 aliphatic heterocycles. The van der Waals surface area contributed by atoms with Crippen molar-refractivity contribution in [1.29, 1.82) is 0 Å². The average Bonchev–Trinajstić information content (AvgIpc) is 3.25. The van der Waals surface area contributed by atoms with Gasteiger partial charge in [-0.3, -0.25) is 9.89 Å². The first-order valence-corrected chi connectivity index (χ1v) is 7.81. The zero-order valence-electron chi connectivity index (χ0n) is 12.3. The molecule has 9 heteroatoms. The summed E-state index contributed by atoms with van der Waals surface area (Å²) in [5.41, 5.74) is 3.69. The van der Waals surface area contributed by atoms with E-state index in [-0.39, 0.29) is 6.54 Å². The minimum absolute atomic E-state index is 0.316. The van der Waals surface area contributed by atoms with E-state index in [1.54, 1.807) is 6.20 Å². The van der Waals surface area contributed by atoms with Gasteiger partial charge in [0.05, 0.1) is 11.9 Å². The molecule has 0 aliphatic rings. The highest BCUT2D eigenvalue weighted by Gasteiger charge is 2.09. The highest BCUT2D eigenvalue weighted by atomic mass is 32.1. The molecule has 122 valence electrons. The number of carbonyl (C=O) groups is 2. The van der Waals surface area contributed by atoms with Crippen molar-refractivity contribution in [2.45, 2.75) is 0 Å². The summed E-state index contributed by atoms with van der Waals surface area (Å²) in [6.07, 6.45) is 2.32. The molecule has 0 unspecified atom stereocenters.